The second-order valence-corrected chi connectivity index (χ2v) is 6.41. The molecule has 19 heavy (non-hydrogen) atoms. The Morgan fingerprint density at radius 1 is 1.16 bits per heavy atom. The van der Waals surface area contributed by atoms with Crippen molar-refractivity contribution >= 4 is 15.7 Å². The molecule has 112 valence electrons. The number of aliphatic hydroxyl groups excluding tert-OH is 1. The van der Waals surface area contributed by atoms with Crippen LogP contribution in [0.3, 0.4) is 0 Å². The molecule has 0 atom stereocenters. The Balaban J connectivity index is 0. The molecule has 0 bridgehead atoms. The zero-order valence-corrected chi connectivity index (χ0v) is 12.9. The molecule has 1 rings (SSSR count). The highest BCUT2D eigenvalue weighted by Gasteiger charge is 2.05. The van der Waals surface area contributed by atoms with Crippen molar-refractivity contribution in [1.82, 2.24) is 0 Å². The number of sulfonamides is 1. The number of nitrogens with two attached hydrogens (primary N) is 2. The third-order valence-corrected chi connectivity index (χ3v) is 2.91. The van der Waals surface area contributed by atoms with Crippen LogP contribution in [0.15, 0.2) is 29.2 Å². The molecule has 0 amide bonds. The number of hydrogen-bond acceptors (Lipinski definition) is 4. The lowest BCUT2D eigenvalue weighted by Crippen LogP contribution is -3.00. The standard InChI is InChI=1S/C6H8N2O2S.C5H14NO.ClH/c7-5-1-3-6(4-2-5)11(8,9)10;1-6(2,3)4-5-7;/h1-4H,7H2,(H2,8,9,10);7H,4-5H2,1-3H3;1H/q;+1;/p-1. The normalized spacial score (nSPS) is 11.0. The quantitative estimate of drug-likeness (QED) is 0.400. The Bertz CT molecular complexity index is 455. The highest BCUT2D eigenvalue weighted by Crippen LogP contribution is 2.08. The van der Waals surface area contributed by atoms with Crippen LogP contribution in [-0.2, 0) is 10.0 Å². The summed E-state index contributed by atoms with van der Waals surface area (Å²) < 4.78 is 22.2. The maximum Gasteiger partial charge on any atom is 0.238 e. The molecule has 0 heterocycles. The fraction of sp³-hybridized carbons (Fsp3) is 0.455. The van der Waals surface area contributed by atoms with Crippen molar-refractivity contribution in [2.75, 3.05) is 40.0 Å². The van der Waals surface area contributed by atoms with E-state index in [0.717, 1.165) is 11.0 Å². The van der Waals surface area contributed by atoms with Crippen molar-refractivity contribution in [2.24, 2.45) is 5.14 Å². The van der Waals surface area contributed by atoms with Gasteiger partial charge in [-0.05, 0) is 24.3 Å². The number of halogens is 1. The van der Waals surface area contributed by atoms with Crippen LogP contribution < -0.4 is 23.3 Å². The monoisotopic (exact) mass is 311 g/mol. The van der Waals surface area contributed by atoms with E-state index in [1.807, 2.05) is 0 Å². The summed E-state index contributed by atoms with van der Waals surface area (Å²) in [6.07, 6.45) is 0. The van der Waals surface area contributed by atoms with Crippen molar-refractivity contribution in [3.8, 4) is 0 Å². The van der Waals surface area contributed by atoms with E-state index in [0.29, 0.717) is 5.69 Å². The van der Waals surface area contributed by atoms with Gasteiger partial charge in [-0.2, -0.15) is 0 Å². The van der Waals surface area contributed by atoms with E-state index in [1.54, 1.807) is 0 Å². The topological polar surface area (TPSA) is 106 Å². The van der Waals surface area contributed by atoms with Crippen molar-refractivity contribution in [3.63, 3.8) is 0 Å². The van der Waals surface area contributed by atoms with Gasteiger partial charge in [0, 0.05) is 5.69 Å². The van der Waals surface area contributed by atoms with Crippen LogP contribution in [0.2, 0.25) is 0 Å². The third kappa shape index (κ3) is 10.7. The van der Waals surface area contributed by atoms with Crippen LogP contribution >= 0.6 is 0 Å². The van der Waals surface area contributed by atoms with Gasteiger partial charge in [0.05, 0.1) is 32.6 Å². The minimum atomic E-state index is -3.58. The van der Waals surface area contributed by atoms with E-state index in [4.69, 9.17) is 16.0 Å². The van der Waals surface area contributed by atoms with Gasteiger partial charge >= 0.3 is 0 Å². The highest BCUT2D eigenvalue weighted by molar-refractivity contribution is 7.89. The molecule has 8 heteroatoms. The molecule has 0 aliphatic carbocycles. The molecule has 0 aromatic heterocycles. The first-order chi connectivity index (χ1) is 8.06. The molecule has 0 unspecified atom stereocenters. The summed E-state index contributed by atoms with van der Waals surface area (Å²) >= 11 is 0. The van der Waals surface area contributed by atoms with Crippen LogP contribution in [0, 0.1) is 0 Å². The maximum absolute atomic E-state index is 10.7. The predicted molar refractivity (Wildman–Crippen MR) is 72.2 cm³/mol. The molecule has 1 aromatic carbocycles. The van der Waals surface area contributed by atoms with Gasteiger partial charge in [-0.3, -0.25) is 0 Å². The molecular formula is C11H22ClN3O3S. The second kappa shape index (κ2) is 8.34. The smallest absolute Gasteiger partial charge is 0.238 e. The summed E-state index contributed by atoms with van der Waals surface area (Å²) in [5, 5.41) is 13.2. The summed E-state index contributed by atoms with van der Waals surface area (Å²) in [4.78, 5) is 0.0756. The minimum Gasteiger partial charge on any atom is -1.00 e. The number of aliphatic hydroxyl groups is 1. The predicted octanol–water partition coefficient (Wildman–Crippen LogP) is -3.39. The van der Waals surface area contributed by atoms with E-state index in [1.165, 1.54) is 24.3 Å². The molecule has 0 saturated heterocycles. The van der Waals surface area contributed by atoms with Gasteiger partial charge < -0.3 is 27.7 Å². The van der Waals surface area contributed by atoms with Crippen molar-refractivity contribution in [3.05, 3.63) is 24.3 Å². The number of quaternary nitrogens is 1. The van der Waals surface area contributed by atoms with Crippen molar-refractivity contribution in [2.45, 2.75) is 4.90 Å². The Kier molecular flexibility index (Phi) is 8.98. The largest absolute Gasteiger partial charge is 1.00 e. The van der Waals surface area contributed by atoms with Crippen LogP contribution in [0.5, 0.6) is 0 Å². The molecule has 0 radical (unpaired) electrons. The lowest BCUT2D eigenvalue weighted by atomic mass is 10.3. The minimum absolute atomic E-state index is 0. The molecule has 6 nitrogen and oxygen atoms in total. The Hall–Kier alpha value is -0.860. The lowest BCUT2D eigenvalue weighted by molar-refractivity contribution is -0.870. The fourth-order valence-electron chi connectivity index (χ4n) is 0.958. The number of rotatable bonds is 3. The molecule has 5 N–H and O–H groups in total. The summed E-state index contributed by atoms with van der Waals surface area (Å²) in [7, 11) is 2.58. The third-order valence-electron chi connectivity index (χ3n) is 1.98. The Morgan fingerprint density at radius 2 is 1.58 bits per heavy atom. The van der Waals surface area contributed by atoms with Crippen molar-refractivity contribution in [1.29, 1.82) is 0 Å². The van der Waals surface area contributed by atoms with E-state index in [9.17, 15) is 8.42 Å². The van der Waals surface area contributed by atoms with Gasteiger partial charge in [0.1, 0.15) is 6.54 Å². The first-order valence-electron chi connectivity index (χ1n) is 5.36. The second-order valence-electron chi connectivity index (χ2n) is 4.85. The molecule has 0 aliphatic rings. The number of benzene rings is 1. The lowest BCUT2D eigenvalue weighted by Gasteiger charge is -2.21. The molecule has 0 fully saturated rings. The number of nitrogen functional groups attached to an aromatic ring is 1. The number of hydrogen-bond donors (Lipinski definition) is 3. The first-order valence-corrected chi connectivity index (χ1v) is 6.90. The number of likely N-dealkylation sites (N-methyl/N-ethyl adjacent to an activating group) is 1. The number of nitrogens with zero attached hydrogens (tertiary/aromatic N) is 1. The zero-order chi connectivity index (χ0) is 14.4. The highest BCUT2D eigenvalue weighted by atomic mass is 35.5. The summed E-state index contributed by atoms with van der Waals surface area (Å²) in [5.41, 5.74) is 5.85. The van der Waals surface area contributed by atoms with Crippen LogP contribution in [0.25, 0.3) is 0 Å². The van der Waals surface area contributed by atoms with E-state index in [2.05, 4.69) is 21.1 Å². The molecule has 1 aromatic rings. The van der Waals surface area contributed by atoms with Gasteiger partial charge in [-0.1, -0.05) is 0 Å². The van der Waals surface area contributed by atoms with Gasteiger partial charge in [0.2, 0.25) is 10.0 Å². The van der Waals surface area contributed by atoms with E-state index < -0.39 is 10.0 Å². The summed E-state index contributed by atoms with van der Waals surface area (Å²) in [6.45, 7) is 1.11. The van der Waals surface area contributed by atoms with Gasteiger partial charge in [-0.15, -0.1) is 0 Å². The van der Waals surface area contributed by atoms with E-state index >= 15 is 0 Å². The fourth-order valence-corrected chi connectivity index (χ4v) is 1.47. The molecule has 0 spiro atoms. The molecular weight excluding hydrogens is 290 g/mol. The van der Waals surface area contributed by atoms with E-state index in [-0.39, 0.29) is 23.9 Å². The van der Waals surface area contributed by atoms with Crippen LogP contribution in [-0.4, -0.2) is 52.3 Å². The number of anilines is 1. The average molecular weight is 312 g/mol. The molecule has 0 saturated carbocycles. The molecule has 0 aliphatic heterocycles. The van der Waals surface area contributed by atoms with Gasteiger partial charge in [0.25, 0.3) is 0 Å². The average Bonchev–Trinajstić information content (AvgIpc) is 2.15. The maximum atomic E-state index is 10.7. The SMILES string of the molecule is C[N+](C)(C)CCO.Nc1ccc(S(N)(=O)=O)cc1.[Cl-]. The van der Waals surface area contributed by atoms with Crippen LogP contribution in [0.4, 0.5) is 5.69 Å². The van der Waals surface area contributed by atoms with Gasteiger partial charge in [0.15, 0.2) is 0 Å². The first kappa shape index (κ1) is 20.5. The van der Waals surface area contributed by atoms with Crippen LogP contribution in [0.1, 0.15) is 0 Å². The Morgan fingerprint density at radius 3 is 1.79 bits per heavy atom. The summed E-state index contributed by atoms with van der Waals surface area (Å²) in [6, 6.07) is 5.70. The summed E-state index contributed by atoms with van der Waals surface area (Å²) in [5.74, 6) is 0. The van der Waals surface area contributed by atoms with Gasteiger partial charge in [-0.25, -0.2) is 13.6 Å². The van der Waals surface area contributed by atoms with Crippen molar-refractivity contribution < 1.29 is 30.4 Å². The Labute approximate surface area is 121 Å². The zero-order valence-electron chi connectivity index (χ0n) is 11.4. The number of primary sulfonamides is 1.